The molecule has 6 bridgehead atoms. The Morgan fingerprint density at radius 3 is 2.56 bits per heavy atom. The van der Waals surface area contributed by atoms with Crippen molar-refractivity contribution in [1.82, 2.24) is 24.9 Å². The summed E-state index contributed by atoms with van der Waals surface area (Å²) in [5, 5.41) is 9.25. The molecule has 2 aliphatic heterocycles. The van der Waals surface area contributed by atoms with Crippen LogP contribution in [0.5, 0.6) is 11.5 Å². The highest BCUT2D eigenvalue weighted by atomic mass is 32.2. The first kappa shape index (κ1) is 41.1. The number of nitrogens with zero attached hydrogens (tertiary/aromatic N) is 3. The molecule has 4 fully saturated rings. The maximum atomic E-state index is 15.2. The summed E-state index contributed by atoms with van der Waals surface area (Å²) in [5.41, 5.74) is 2.10. The number of ether oxygens (including phenoxy) is 2. The molecule has 3 saturated carbocycles. The summed E-state index contributed by atoms with van der Waals surface area (Å²) in [7, 11) is -2.25. The van der Waals surface area contributed by atoms with Crippen LogP contribution in [0.25, 0.3) is 28.2 Å². The Bertz CT molecular complexity index is 2530. The van der Waals surface area contributed by atoms with Crippen LogP contribution in [0.3, 0.4) is 0 Å². The fourth-order valence-electron chi connectivity index (χ4n) is 9.19. The van der Waals surface area contributed by atoms with Gasteiger partial charge in [0.05, 0.1) is 35.8 Å². The molecular formula is C46H52N6O7S2. The van der Waals surface area contributed by atoms with Crippen LogP contribution in [0.15, 0.2) is 72.6 Å². The number of sulfonamides is 1. The molecule has 3 aliphatic carbocycles. The van der Waals surface area contributed by atoms with Crippen molar-refractivity contribution < 1.29 is 32.3 Å². The van der Waals surface area contributed by atoms with E-state index in [4.69, 9.17) is 19.4 Å². The largest absolute Gasteiger partial charge is 0.496 e. The van der Waals surface area contributed by atoms with E-state index in [9.17, 15) is 18.0 Å². The second-order valence-electron chi connectivity index (χ2n) is 17.8. The summed E-state index contributed by atoms with van der Waals surface area (Å²) in [6.45, 7) is 8.24. The first-order valence-corrected chi connectivity index (χ1v) is 23.7. The van der Waals surface area contributed by atoms with Crippen molar-refractivity contribution in [3.05, 3.63) is 83.9 Å². The van der Waals surface area contributed by atoms with Gasteiger partial charge in [-0.1, -0.05) is 75.2 Å². The summed E-state index contributed by atoms with van der Waals surface area (Å²) in [6, 6.07) is 13.9. The summed E-state index contributed by atoms with van der Waals surface area (Å²) < 4.78 is 40.9. The van der Waals surface area contributed by atoms with Gasteiger partial charge in [-0.15, -0.1) is 17.9 Å². The van der Waals surface area contributed by atoms with Gasteiger partial charge in [-0.05, 0) is 50.5 Å². The molecule has 4 aromatic rings. The lowest BCUT2D eigenvalue weighted by atomic mass is 9.86. The zero-order chi connectivity index (χ0) is 42.7. The minimum Gasteiger partial charge on any atom is -0.496 e. The molecule has 0 spiro atoms. The molecule has 4 heterocycles. The number of anilines is 1. The lowest BCUT2D eigenvalue weighted by Crippen LogP contribution is -2.58. The van der Waals surface area contributed by atoms with Crippen molar-refractivity contribution in [3.8, 4) is 22.8 Å². The number of hydrogen-bond donors (Lipinski definition) is 3. The van der Waals surface area contributed by atoms with Crippen molar-refractivity contribution >= 4 is 61.2 Å². The van der Waals surface area contributed by atoms with Crippen LogP contribution in [0.4, 0.5) is 5.13 Å². The summed E-state index contributed by atoms with van der Waals surface area (Å²) in [5.74, 6) is -0.886. The molecule has 5 aliphatic rings. The second-order valence-corrected chi connectivity index (χ2v) is 20.7. The third-order valence-corrected chi connectivity index (χ3v) is 15.7. The fourth-order valence-corrected chi connectivity index (χ4v) is 11.5. The number of benzene rings is 2. The predicted octanol–water partition coefficient (Wildman–Crippen LogP) is 6.75. The molecule has 3 N–H and O–H groups in total. The van der Waals surface area contributed by atoms with Gasteiger partial charge in [-0.2, -0.15) is 0 Å². The maximum absolute atomic E-state index is 15.2. The van der Waals surface area contributed by atoms with Gasteiger partial charge in [-0.3, -0.25) is 19.1 Å². The molecule has 0 unspecified atom stereocenters. The molecule has 2 aromatic heterocycles. The molecular weight excluding hydrogens is 813 g/mol. The Morgan fingerprint density at radius 2 is 1.85 bits per heavy atom. The van der Waals surface area contributed by atoms with Crippen molar-refractivity contribution in [2.45, 2.75) is 106 Å². The third kappa shape index (κ3) is 8.02. The Balaban J connectivity index is 1.13. The Kier molecular flexibility index (Phi) is 10.7. The topological polar surface area (TPSA) is 169 Å². The number of aromatic nitrogens is 2. The Morgan fingerprint density at radius 1 is 1.08 bits per heavy atom. The number of carbonyl (C=O) groups excluding carboxylic acids is 3. The van der Waals surface area contributed by atoms with Gasteiger partial charge in [0.25, 0.3) is 5.91 Å². The number of nitrogens with one attached hydrogen (secondary N) is 3. The van der Waals surface area contributed by atoms with Gasteiger partial charge < -0.3 is 25.0 Å². The maximum Gasteiger partial charge on any atom is 0.259 e. The molecule has 0 radical (unpaired) electrons. The summed E-state index contributed by atoms with van der Waals surface area (Å²) in [6.07, 6.45) is 10.7. The minimum atomic E-state index is -3.89. The van der Waals surface area contributed by atoms with Gasteiger partial charge in [0.1, 0.15) is 35.2 Å². The lowest BCUT2D eigenvalue weighted by molar-refractivity contribution is -0.141. The van der Waals surface area contributed by atoms with E-state index in [0.29, 0.717) is 47.1 Å². The number of carbonyl (C=O) groups is 3. The average Bonchev–Trinajstić information content (AvgIpc) is 4.01. The first-order valence-electron chi connectivity index (χ1n) is 21.2. The van der Waals surface area contributed by atoms with E-state index in [1.807, 2.05) is 60.0 Å². The van der Waals surface area contributed by atoms with Gasteiger partial charge in [0, 0.05) is 51.8 Å². The smallest absolute Gasteiger partial charge is 0.259 e. The monoisotopic (exact) mass is 864 g/mol. The van der Waals surface area contributed by atoms with Crippen LogP contribution in [0.1, 0.15) is 82.9 Å². The third-order valence-electron chi connectivity index (χ3n) is 13.1. The Labute approximate surface area is 360 Å². The molecule has 15 heteroatoms. The molecule has 320 valence electrons. The number of hydrogen-bond acceptors (Lipinski definition) is 11. The van der Waals surface area contributed by atoms with E-state index in [0.717, 1.165) is 47.9 Å². The second kappa shape index (κ2) is 15.9. The van der Waals surface area contributed by atoms with Crippen molar-refractivity contribution in [2.75, 3.05) is 19.0 Å². The number of pyridine rings is 1. The average molecular weight is 865 g/mol. The van der Waals surface area contributed by atoms with Crippen LogP contribution in [0, 0.1) is 11.8 Å². The molecule has 2 aromatic carbocycles. The quantitative estimate of drug-likeness (QED) is 0.153. The first-order chi connectivity index (χ1) is 29.3. The fraction of sp³-hybridized carbons (Fsp3) is 0.457. The van der Waals surface area contributed by atoms with Crippen LogP contribution in [0.2, 0.25) is 0 Å². The molecule has 9 rings (SSSR count). The normalized spacial score (nSPS) is 26.2. The van der Waals surface area contributed by atoms with Gasteiger partial charge in [0.15, 0.2) is 5.13 Å². The highest BCUT2D eigenvalue weighted by Crippen LogP contribution is 2.46. The molecule has 3 amide bonds. The standard InChI is InChI=1S/C46H52N6O7S2/c1-5-30-24-46(30,43(55)51-61(56,57)32-17-18-32)50-41(53)36-21-31-25-52(36)42(54)40(28-14-9-10-15-28)49-44-48-39(26-60-44)45(2,3)19-11-16-29-20-33-35(23-37(29)58-4)47-34(22-38(33)59-31)27-12-7-6-8-13-27/h5-8,11-13,16,20,22-23,26,28,30-32,36,40H,1,9-10,14-15,17-19,21,24-25H2,2-4H3,(H,48,49)(H,50,53)(H,51,55)/t30-,31-,36+,40+,46-/m1/s1. The number of allylic oxidation sites excluding steroid dienone is 1. The van der Waals surface area contributed by atoms with Crippen molar-refractivity contribution in [1.29, 1.82) is 0 Å². The van der Waals surface area contributed by atoms with Crippen LogP contribution >= 0.6 is 11.3 Å². The molecule has 1 saturated heterocycles. The van der Waals surface area contributed by atoms with Crippen LogP contribution in [-0.4, -0.2) is 83.6 Å². The van der Waals surface area contributed by atoms with E-state index in [-0.39, 0.29) is 36.6 Å². The number of fused-ring (bicyclic) bond motifs is 5. The summed E-state index contributed by atoms with van der Waals surface area (Å²) >= 11 is 1.46. The van der Waals surface area contributed by atoms with Crippen LogP contribution in [-0.2, 0) is 29.8 Å². The van der Waals surface area contributed by atoms with E-state index < -0.39 is 56.7 Å². The highest BCUT2D eigenvalue weighted by molar-refractivity contribution is 7.91. The SMILES string of the molecule is C=C[C@@H]1C[C@]1(NC(=O)[C@@H]1C[C@@H]2CN1C(=O)[C@H](C1CCCC1)Nc1nc(cs1)C(C)(C)CC=Cc1cc3c(cc(-c4ccccc4)nc3cc1OC)O2)C(=O)NS(=O)(=O)C1CC1. The number of rotatable bonds is 9. The highest BCUT2D eigenvalue weighted by Gasteiger charge is 2.62. The number of amides is 3. The zero-order valence-corrected chi connectivity index (χ0v) is 36.3. The molecule has 13 nitrogen and oxygen atoms in total. The summed E-state index contributed by atoms with van der Waals surface area (Å²) in [4.78, 5) is 55.3. The molecule has 61 heavy (non-hydrogen) atoms. The van der Waals surface area contributed by atoms with Gasteiger partial charge in [-0.25, -0.2) is 18.4 Å². The van der Waals surface area contributed by atoms with E-state index in [2.05, 4.69) is 41.9 Å². The van der Waals surface area contributed by atoms with E-state index in [1.54, 1.807) is 18.1 Å². The minimum absolute atomic E-state index is 0.00868. The van der Waals surface area contributed by atoms with E-state index >= 15 is 4.79 Å². The molecule has 5 atom stereocenters. The van der Waals surface area contributed by atoms with Crippen molar-refractivity contribution in [2.24, 2.45) is 11.8 Å². The number of thiazole rings is 1. The Hall–Kier alpha value is -5.28. The number of methoxy groups -OCH3 is 1. The van der Waals surface area contributed by atoms with Crippen molar-refractivity contribution in [3.63, 3.8) is 0 Å². The van der Waals surface area contributed by atoms with Gasteiger partial charge in [0.2, 0.25) is 21.8 Å². The lowest BCUT2D eigenvalue weighted by Gasteiger charge is -2.32. The van der Waals surface area contributed by atoms with E-state index in [1.165, 1.54) is 11.3 Å². The zero-order valence-electron chi connectivity index (χ0n) is 34.7. The van der Waals surface area contributed by atoms with Crippen LogP contribution < -0.4 is 24.8 Å². The van der Waals surface area contributed by atoms with Gasteiger partial charge >= 0.3 is 0 Å². The predicted molar refractivity (Wildman–Crippen MR) is 236 cm³/mol.